The largest absolute Gasteiger partial charge is 0.422 e. The number of hydrogen-bond donors (Lipinski definition) is 1. The van der Waals surface area contributed by atoms with E-state index in [4.69, 9.17) is 4.74 Å². The Labute approximate surface area is 128 Å². The zero-order valence-electron chi connectivity index (χ0n) is 11.1. The van der Waals surface area contributed by atoms with E-state index >= 15 is 0 Å². The van der Waals surface area contributed by atoms with Crippen LogP contribution in [0.25, 0.3) is 5.43 Å². The van der Waals surface area contributed by atoms with Gasteiger partial charge in [0.1, 0.15) is 10.6 Å². The van der Waals surface area contributed by atoms with Crippen LogP contribution in [0.5, 0.6) is 5.75 Å². The van der Waals surface area contributed by atoms with Crippen molar-refractivity contribution in [3.8, 4) is 5.75 Å². The molecule has 0 saturated heterocycles. The molecule has 2 heterocycles. The summed E-state index contributed by atoms with van der Waals surface area (Å²) < 4.78 is 5.25. The number of H-pyrrole nitrogens is 1. The van der Waals surface area contributed by atoms with Gasteiger partial charge in [0.25, 0.3) is 0 Å². The van der Waals surface area contributed by atoms with Crippen molar-refractivity contribution < 1.29 is 9.53 Å². The molecule has 0 radical (unpaired) electrons. The van der Waals surface area contributed by atoms with Crippen molar-refractivity contribution in [1.82, 2.24) is 20.6 Å². The molecule has 8 nitrogen and oxygen atoms in total. The zero-order valence-corrected chi connectivity index (χ0v) is 11.9. The van der Waals surface area contributed by atoms with Gasteiger partial charge in [-0.3, -0.25) is 20.8 Å². The predicted molar refractivity (Wildman–Crippen MR) is 80.5 cm³/mol. The Bertz CT molecular complexity index is 752. The molecule has 0 unspecified atom stereocenters. The molecule has 0 aliphatic rings. The Hall–Kier alpha value is -3.07. The number of aromatic amines is 1. The molecule has 3 rings (SSSR count). The first-order chi connectivity index (χ1) is 10.8. The summed E-state index contributed by atoms with van der Waals surface area (Å²) in [5.74, 6) is 0.243. The monoisotopic (exact) mass is 313 g/mol. The maximum absolute atomic E-state index is 11.8. The fraction of sp³-hybridized carbons (Fsp3) is 0. The molecule has 0 spiro atoms. The SMILES string of the molecule is O=C(Oc1ccc(/C=N\[N-]c2nn[nH]n2)cc1)c1cccs1. The molecule has 22 heavy (non-hydrogen) atoms. The highest BCUT2D eigenvalue weighted by molar-refractivity contribution is 7.12. The molecule has 1 N–H and O–H groups in total. The van der Waals surface area contributed by atoms with Crippen LogP contribution in [0.1, 0.15) is 15.2 Å². The van der Waals surface area contributed by atoms with Crippen LogP contribution < -0.4 is 4.74 Å². The number of carbonyl (C=O) groups excluding carboxylic acids is 1. The molecule has 0 saturated carbocycles. The third kappa shape index (κ3) is 3.52. The Balaban J connectivity index is 1.58. The minimum absolute atomic E-state index is 0.151. The van der Waals surface area contributed by atoms with Gasteiger partial charge in [-0.2, -0.15) is 0 Å². The number of esters is 1. The number of hydrogen-bond acceptors (Lipinski definition) is 7. The third-order valence-corrected chi connectivity index (χ3v) is 3.35. The van der Waals surface area contributed by atoms with Crippen LogP contribution >= 0.6 is 11.3 Å². The van der Waals surface area contributed by atoms with Gasteiger partial charge >= 0.3 is 5.97 Å². The highest BCUT2D eigenvalue weighted by atomic mass is 32.1. The standard InChI is InChI=1S/C13H9N6O2S/c20-12(11-2-1-7-22-11)21-10-5-3-9(4-6-10)8-14-15-13-16-18-19-17-13/h1-8H,(H-,15,16,17,18,19)/q-1/b14-8-. The zero-order chi connectivity index (χ0) is 15.2. The van der Waals surface area contributed by atoms with Crippen molar-refractivity contribution in [2.45, 2.75) is 0 Å². The molecule has 0 aliphatic carbocycles. The van der Waals surface area contributed by atoms with E-state index in [1.54, 1.807) is 36.4 Å². The maximum Gasteiger partial charge on any atom is 0.353 e. The van der Waals surface area contributed by atoms with Gasteiger partial charge in [-0.15, -0.1) is 16.6 Å². The van der Waals surface area contributed by atoms with Crippen LogP contribution in [-0.2, 0) is 0 Å². The smallest absolute Gasteiger partial charge is 0.353 e. The van der Waals surface area contributed by atoms with Crippen molar-refractivity contribution in [2.24, 2.45) is 5.10 Å². The van der Waals surface area contributed by atoms with Crippen LogP contribution in [0.4, 0.5) is 5.95 Å². The number of nitrogens with zero attached hydrogens (tertiary/aromatic N) is 5. The van der Waals surface area contributed by atoms with Crippen LogP contribution in [0.2, 0.25) is 0 Å². The van der Waals surface area contributed by atoms with Crippen LogP contribution in [-0.4, -0.2) is 32.8 Å². The second kappa shape index (κ2) is 6.59. The van der Waals surface area contributed by atoms with E-state index in [1.807, 2.05) is 5.38 Å². The highest BCUT2D eigenvalue weighted by Gasteiger charge is 2.08. The summed E-state index contributed by atoms with van der Waals surface area (Å²) in [4.78, 5) is 12.3. The van der Waals surface area contributed by atoms with Gasteiger partial charge in [-0.1, -0.05) is 6.07 Å². The first-order valence-electron chi connectivity index (χ1n) is 6.14. The van der Waals surface area contributed by atoms with Crippen molar-refractivity contribution in [1.29, 1.82) is 0 Å². The fourth-order valence-corrected chi connectivity index (χ4v) is 2.12. The summed E-state index contributed by atoms with van der Waals surface area (Å²) in [6, 6.07) is 10.4. The molecule has 0 amide bonds. The van der Waals surface area contributed by atoms with Gasteiger partial charge < -0.3 is 4.74 Å². The molecule has 3 aromatic rings. The number of ether oxygens (including phenoxy) is 1. The van der Waals surface area contributed by atoms with E-state index in [0.29, 0.717) is 10.6 Å². The van der Waals surface area contributed by atoms with Gasteiger partial charge in [-0.05, 0) is 41.3 Å². The Morgan fingerprint density at radius 1 is 1.32 bits per heavy atom. The Morgan fingerprint density at radius 3 is 2.86 bits per heavy atom. The molecule has 0 bridgehead atoms. The van der Waals surface area contributed by atoms with E-state index < -0.39 is 0 Å². The average Bonchev–Trinajstić information content (AvgIpc) is 3.22. The van der Waals surface area contributed by atoms with Crippen molar-refractivity contribution >= 4 is 29.5 Å². The van der Waals surface area contributed by atoms with Gasteiger partial charge in [-0.25, -0.2) is 9.90 Å². The lowest BCUT2D eigenvalue weighted by Crippen LogP contribution is -2.06. The molecular weight excluding hydrogens is 304 g/mol. The summed E-state index contributed by atoms with van der Waals surface area (Å²) >= 11 is 1.34. The van der Waals surface area contributed by atoms with Crippen molar-refractivity contribution in [3.63, 3.8) is 0 Å². The minimum atomic E-state index is -0.372. The van der Waals surface area contributed by atoms with Gasteiger partial charge in [0, 0.05) is 6.21 Å². The lowest BCUT2D eigenvalue weighted by Gasteiger charge is -2.03. The normalized spacial score (nSPS) is 10.7. The summed E-state index contributed by atoms with van der Waals surface area (Å²) in [7, 11) is 0. The minimum Gasteiger partial charge on any atom is -0.422 e. The third-order valence-electron chi connectivity index (χ3n) is 2.50. The number of thiophene rings is 1. The molecule has 9 heteroatoms. The van der Waals surface area contributed by atoms with Crippen LogP contribution in [0.3, 0.4) is 0 Å². The molecule has 0 fully saturated rings. The summed E-state index contributed by atoms with van der Waals surface area (Å²) in [5, 5.41) is 18.5. The topological polar surface area (TPSA) is 107 Å². The van der Waals surface area contributed by atoms with Gasteiger partial charge in [0.05, 0.1) is 5.95 Å². The van der Waals surface area contributed by atoms with Crippen molar-refractivity contribution in [2.75, 3.05) is 0 Å². The molecular formula is C13H9N6O2S-. The average molecular weight is 313 g/mol. The quantitative estimate of drug-likeness (QED) is 0.337. The van der Waals surface area contributed by atoms with Gasteiger partial charge in [0.2, 0.25) is 0 Å². The fourth-order valence-electron chi connectivity index (χ4n) is 1.52. The molecule has 0 aliphatic heterocycles. The second-order valence-electron chi connectivity index (χ2n) is 3.99. The van der Waals surface area contributed by atoms with E-state index in [1.165, 1.54) is 17.6 Å². The number of carbonyl (C=O) groups is 1. The highest BCUT2D eigenvalue weighted by Crippen LogP contribution is 2.16. The molecule has 0 atom stereocenters. The lowest BCUT2D eigenvalue weighted by molar-refractivity contribution is 0.0740. The van der Waals surface area contributed by atoms with E-state index in [2.05, 4.69) is 31.2 Å². The van der Waals surface area contributed by atoms with Gasteiger partial charge in [0.15, 0.2) is 0 Å². The molecule has 110 valence electrons. The van der Waals surface area contributed by atoms with Crippen LogP contribution in [0.15, 0.2) is 46.9 Å². The number of benzene rings is 1. The summed E-state index contributed by atoms with van der Waals surface area (Å²) in [6.45, 7) is 0. The van der Waals surface area contributed by atoms with E-state index in [-0.39, 0.29) is 11.9 Å². The molecule has 2 aromatic heterocycles. The Kier molecular flexibility index (Phi) is 4.16. The summed E-state index contributed by atoms with van der Waals surface area (Å²) in [5.41, 5.74) is 4.53. The lowest BCUT2D eigenvalue weighted by atomic mass is 10.2. The first-order valence-corrected chi connectivity index (χ1v) is 7.02. The predicted octanol–water partition coefficient (Wildman–Crippen LogP) is 2.52. The van der Waals surface area contributed by atoms with E-state index in [0.717, 1.165) is 5.56 Å². The van der Waals surface area contributed by atoms with Crippen LogP contribution in [0, 0.1) is 0 Å². The Morgan fingerprint density at radius 2 is 2.18 bits per heavy atom. The first kappa shape index (κ1) is 13.9. The van der Waals surface area contributed by atoms with E-state index in [9.17, 15) is 4.79 Å². The summed E-state index contributed by atoms with van der Waals surface area (Å²) in [6.07, 6.45) is 1.53. The maximum atomic E-state index is 11.8. The second-order valence-corrected chi connectivity index (χ2v) is 4.94. The number of tetrazole rings is 1. The van der Waals surface area contributed by atoms with Crippen molar-refractivity contribution in [3.05, 3.63) is 57.6 Å². The number of aromatic nitrogens is 4. The number of nitrogens with one attached hydrogen (secondary N) is 1. The molecule has 1 aromatic carbocycles. The number of rotatable bonds is 5.